The number of likely N-dealkylation sites (tertiary alicyclic amines) is 1. The number of aromatic carboxylic acids is 1. The largest absolute Gasteiger partial charge is 0.478 e. The van der Waals surface area contributed by atoms with Crippen LogP contribution >= 0.6 is 0 Å². The third-order valence-electron chi connectivity index (χ3n) is 17.0. The molecule has 2 N–H and O–H groups in total. The van der Waals surface area contributed by atoms with E-state index in [0.29, 0.717) is 46.3 Å². The van der Waals surface area contributed by atoms with Crippen molar-refractivity contribution in [2.24, 2.45) is 51.2 Å². The van der Waals surface area contributed by atoms with E-state index in [1.54, 1.807) is 12.1 Å². The van der Waals surface area contributed by atoms with Gasteiger partial charge in [-0.1, -0.05) is 65.0 Å². The van der Waals surface area contributed by atoms with Crippen LogP contribution < -0.4 is 5.32 Å². The van der Waals surface area contributed by atoms with Crippen molar-refractivity contribution in [2.45, 2.75) is 123 Å². The normalized spacial score (nSPS) is 45.9. The fourth-order valence-corrected chi connectivity index (χ4v) is 14.5. The number of carboxylic acids is 1. The summed E-state index contributed by atoms with van der Waals surface area (Å²) >= 11 is 0. The minimum atomic E-state index is -0.853. The van der Waals surface area contributed by atoms with Gasteiger partial charge in [-0.25, -0.2) is 4.79 Å². The smallest absolute Gasteiger partial charge is 0.335 e. The first-order chi connectivity index (χ1) is 22.7. The molecular formula is C43H62N2O3. The Kier molecular flexibility index (Phi) is 7.80. The summed E-state index contributed by atoms with van der Waals surface area (Å²) in [7, 11) is 0. The monoisotopic (exact) mass is 654 g/mol. The Balaban J connectivity index is 1.07. The summed E-state index contributed by atoms with van der Waals surface area (Å²) in [5, 5.41) is 13.8. The Bertz CT molecular complexity index is 1500. The molecule has 2 bridgehead atoms. The molecule has 5 nitrogen and oxygen atoms in total. The van der Waals surface area contributed by atoms with Gasteiger partial charge < -0.3 is 15.2 Å². The predicted molar refractivity (Wildman–Crippen MR) is 194 cm³/mol. The molecule has 11 atom stereocenters. The van der Waals surface area contributed by atoms with E-state index in [2.05, 4.69) is 64.4 Å². The number of carboxylic acid groups (broad SMARTS) is 1. The molecule has 8 rings (SSSR count). The summed E-state index contributed by atoms with van der Waals surface area (Å²) in [6.07, 6.45) is 16.0. The lowest BCUT2D eigenvalue weighted by atomic mass is 9.33. The van der Waals surface area contributed by atoms with Gasteiger partial charge in [0.05, 0.1) is 18.3 Å². The van der Waals surface area contributed by atoms with Crippen molar-refractivity contribution in [3.05, 3.63) is 53.6 Å². The van der Waals surface area contributed by atoms with Gasteiger partial charge >= 0.3 is 5.97 Å². The van der Waals surface area contributed by atoms with Crippen LogP contribution in [-0.2, 0) is 4.74 Å². The molecule has 5 heteroatoms. The second-order valence-electron chi connectivity index (χ2n) is 19.0. The second kappa shape index (κ2) is 11.3. The number of rotatable bonds is 7. The average Bonchev–Trinajstić information content (AvgIpc) is 3.76. The zero-order chi connectivity index (χ0) is 33.9. The van der Waals surface area contributed by atoms with Gasteiger partial charge in [0.25, 0.3) is 0 Å². The first kappa shape index (κ1) is 33.2. The molecule has 48 heavy (non-hydrogen) atoms. The summed E-state index contributed by atoms with van der Waals surface area (Å²) in [4.78, 5) is 14.3. The number of ether oxygens (including phenoxy) is 1. The van der Waals surface area contributed by atoms with Crippen LogP contribution in [0.3, 0.4) is 0 Å². The molecular weight excluding hydrogens is 592 g/mol. The third kappa shape index (κ3) is 4.61. The molecule has 262 valence electrons. The Morgan fingerprint density at radius 1 is 0.979 bits per heavy atom. The number of nitrogens with one attached hydrogen (secondary N) is 1. The van der Waals surface area contributed by atoms with Crippen LogP contribution in [0.25, 0.3) is 5.57 Å². The molecule has 0 aromatic heterocycles. The van der Waals surface area contributed by atoms with Crippen molar-refractivity contribution in [1.29, 1.82) is 0 Å². The first-order valence-electron chi connectivity index (χ1n) is 19.5. The molecule has 0 radical (unpaired) electrons. The minimum absolute atomic E-state index is 0.0416. The van der Waals surface area contributed by atoms with Gasteiger partial charge in [-0.3, -0.25) is 4.90 Å². The van der Waals surface area contributed by atoms with Crippen molar-refractivity contribution in [1.82, 2.24) is 10.2 Å². The maximum Gasteiger partial charge on any atom is 0.335 e. The van der Waals surface area contributed by atoms with Gasteiger partial charge in [0.15, 0.2) is 0 Å². The lowest BCUT2D eigenvalue weighted by molar-refractivity contribution is -0.219. The van der Waals surface area contributed by atoms with Crippen LogP contribution in [0, 0.1) is 51.2 Å². The highest BCUT2D eigenvalue weighted by molar-refractivity contribution is 5.88. The number of nitrogens with zero attached hydrogens (tertiary/aromatic N) is 1. The fourth-order valence-electron chi connectivity index (χ4n) is 14.5. The van der Waals surface area contributed by atoms with E-state index in [1.165, 1.54) is 74.5 Å². The van der Waals surface area contributed by atoms with Crippen molar-refractivity contribution >= 4 is 11.5 Å². The SMILES string of the molecule is C=C(C)[C@@H]1CC[C@]2(NCCN3C[C@@H]4C[C@H]3CO4)CC[C@]3(C)[C@H](CCC4[C@@]5(C)CC=C(c6ccc(C(=O)O)cc6)C(C)(C)[C@@H]5CC[C@]43C)[C@@H]12. The van der Waals surface area contributed by atoms with E-state index >= 15 is 0 Å². The zero-order valence-electron chi connectivity index (χ0n) is 30.7. The number of fused-ring (bicyclic) bond motifs is 9. The Labute approximate surface area is 290 Å². The van der Waals surface area contributed by atoms with Gasteiger partial charge in [0.1, 0.15) is 0 Å². The number of hydrogen-bond donors (Lipinski definition) is 2. The molecule has 4 saturated carbocycles. The van der Waals surface area contributed by atoms with E-state index in [1.807, 2.05) is 12.1 Å². The minimum Gasteiger partial charge on any atom is -0.478 e. The fraction of sp³-hybridized carbons (Fsp3) is 0.744. The van der Waals surface area contributed by atoms with Crippen LogP contribution in [0.5, 0.6) is 0 Å². The molecule has 2 aliphatic heterocycles. The van der Waals surface area contributed by atoms with Gasteiger partial charge in [-0.2, -0.15) is 0 Å². The molecule has 2 saturated heterocycles. The predicted octanol–water partition coefficient (Wildman–Crippen LogP) is 8.85. The average molecular weight is 655 g/mol. The number of carbonyl (C=O) groups is 1. The summed E-state index contributed by atoms with van der Waals surface area (Å²) in [5.74, 6) is 2.56. The Hall–Kier alpha value is -1.95. The van der Waals surface area contributed by atoms with Crippen molar-refractivity contribution in [3.8, 4) is 0 Å². The lowest BCUT2D eigenvalue weighted by Gasteiger charge is -2.72. The van der Waals surface area contributed by atoms with Gasteiger partial charge in [0, 0.05) is 31.2 Å². The maximum atomic E-state index is 11.6. The Morgan fingerprint density at radius 2 is 1.75 bits per heavy atom. The maximum absolute atomic E-state index is 11.6. The second-order valence-corrected chi connectivity index (χ2v) is 19.0. The summed E-state index contributed by atoms with van der Waals surface area (Å²) < 4.78 is 5.91. The number of morpholine rings is 1. The number of allylic oxidation sites excluding steroid dienone is 3. The lowest BCUT2D eigenvalue weighted by Crippen LogP contribution is -2.68. The van der Waals surface area contributed by atoms with Crippen LogP contribution in [0.15, 0.2) is 42.5 Å². The highest BCUT2D eigenvalue weighted by Crippen LogP contribution is 2.76. The standard InChI is InChI=1S/C43H62N2O3/c1-27(2)32-14-19-43(44-22-23-45-25-31-24-30(45)26-48-31)21-20-41(6)34(37(32)43)12-13-36-40(5)17-15-33(28-8-10-29(11-9-28)38(46)47)39(3,4)35(40)16-18-42(36,41)7/h8-11,15,30-32,34-37,44H,1,12-14,16-26H2,2-7H3,(H,46,47)/t30-,31-,32-,34+,35-,36?,37+,40-,41+,42+,43-/m0/s1. The van der Waals surface area contributed by atoms with Crippen LogP contribution in [-0.4, -0.2) is 59.9 Å². The molecule has 1 aromatic carbocycles. The van der Waals surface area contributed by atoms with E-state index in [4.69, 9.17) is 4.74 Å². The van der Waals surface area contributed by atoms with E-state index in [-0.39, 0.29) is 16.4 Å². The molecule has 0 amide bonds. The summed E-state index contributed by atoms with van der Waals surface area (Å²) in [6, 6.07) is 8.31. The summed E-state index contributed by atoms with van der Waals surface area (Å²) in [6.45, 7) is 24.4. The van der Waals surface area contributed by atoms with Crippen molar-refractivity contribution < 1.29 is 14.6 Å². The van der Waals surface area contributed by atoms with Crippen molar-refractivity contribution in [3.63, 3.8) is 0 Å². The molecule has 6 fully saturated rings. The van der Waals surface area contributed by atoms with Gasteiger partial charge in [-0.05, 0) is 146 Å². The van der Waals surface area contributed by atoms with Crippen LogP contribution in [0.1, 0.15) is 122 Å². The van der Waals surface area contributed by atoms with Crippen LogP contribution in [0.2, 0.25) is 0 Å². The summed E-state index contributed by atoms with van der Waals surface area (Å²) in [5.41, 5.74) is 5.64. The molecule has 0 spiro atoms. The van der Waals surface area contributed by atoms with Gasteiger partial charge in [0.2, 0.25) is 0 Å². The highest BCUT2D eigenvalue weighted by atomic mass is 16.5. The molecule has 5 aliphatic carbocycles. The highest BCUT2D eigenvalue weighted by Gasteiger charge is 2.70. The molecule has 7 aliphatic rings. The number of benzene rings is 1. The zero-order valence-corrected chi connectivity index (χ0v) is 30.7. The number of hydrogen-bond acceptors (Lipinski definition) is 4. The third-order valence-corrected chi connectivity index (χ3v) is 17.0. The topological polar surface area (TPSA) is 61.8 Å². The molecule has 2 heterocycles. The van der Waals surface area contributed by atoms with E-state index in [0.717, 1.165) is 44.5 Å². The van der Waals surface area contributed by atoms with E-state index < -0.39 is 5.97 Å². The first-order valence-corrected chi connectivity index (χ1v) is 19.5. The van der Waals surface area contributed by atoms with Crippen molar-refractivity contribution in [2.75, 3.05) is 26.2 Å². The molecule has 1 unspecified atom stereocenters. The Morgan fingerprint density at radius 3 is 2.42 bits per heavy atom. The van der Waals surface area contributed by atoms with Gasteiger partial charge in [-0.15, -0.1) is 0 Å². The quantitative estimate of drug-likeness (QED) is 0.288. The van der Waals surface area contributed by atoms with Crippen LogP contribution in [0.4, 0.5) is 0 Å². The van der Waals surface area contributed by atoms with E-state index in [9.17, 15) is 9.90 Å². The molecule has 1 aromatic rings.